The van der Waals surface area contributed by atoms with E-state index in [2.05, 4.69) is 4.98 Å². The van der Waals surface area contributed by atoms with Crippen molar-refractivity contribution in [2.75, 3.05) is 7.11 Å². The number of carboxylic acid groups (broad SMARTS) is 1. The Morgan fingerprint density at radius 1 is 1.71 bits per heavy atom. The van der Waals surface area contributed by atoms with Gasteiger partial charge in [-0.3, -0.25) is 4.79 Å². The van der Waals surface area contributed by atoms with E-state index in [0.717, 1.165) is 6.07 Å². The van der Waals surface area contributed by atoms with Crippen LogP contribution in [-0.4, -0.2) is 23.2 Å². The van der Waals surface area contributed by atoms with Gasteiger partial charge < -0.3 is 9.84 Å². The highest BCUT2D eigenvalue weighted by Crippen LogP contribution is 2.29. The Bertz CT molecular complexity index is 483. The van der Waals surface area contributed by atoms with E-state index in [4.69, 9.17) is 15.1 Å². The van der Waals surface area contributed by atoms with Crippen molar-refractivity contribution in [3.05, 3.63) is 22.9 Å². The second-order valence-electron chi connectivity index (χ2n) is 3.07. The van der Waals surface area contributed by atoms with Crippen molar-refractivity contribution in [1.29, 1.82) is 5.26 Å². The fraction of sp³-hybridized carbons (Fsp3) is 0.300. The Hall–Kier alpha value is -2.23. The van der Waals surface area contributed by atoms with Crippen LogP contribution in [0.2, 0.25) is 0 Å². The number of aliphatic carboxylic acids is 1. The summed E-state index contributed by atoms with van der Waals surface area (Å²) in [6, 6.07) is 2.47. The zero-order chi connectivity index (χ0) is 13.0. The van der Waals surface area contributed by atoms with Crippen molar-refractivity contribution in [1.82, 2.24) is 4.98 Å². The Morgan fingerprint density at radius 3 is 2.76 bits per heavy atom. The Labute approximate surface area is 95.3 Å². The predicted molar refractivity (Wildman–Crippen MR) is 51.8 cm³/mol. The lowest BCUT2D eigenvalue weighted by molar-refractivity contribution is -0.136. The van der Waals surface area contributed by atoms with Crippen LogP contribution in [0.1, 0.15) is 23.2 Å². The summed E-state index contributed by atoms with van der Waals surface area (Å²) in [6.07, 6.45) is -3.53. The molecule has 1 aromatic heterocycles. The van der Waals surface area contributed by atoms with Crippen molar-refractivity contribution in [3.63, 3.8) is 0 Å². The molecule has 0 amide bonds. The normalized spacial score (nSPS) is 10.1. The molecule has 0 bridgehead atoms. The van der Waals surface area contributed by atoms with Crippen molar-refractivity contribution < 1.29 is 23.4 Å². The van der Waals surface area contributed by atoms with Crippen molar-refractivity contribution in [3.8, 4) is 11.9 Å². The van der Waals surface area contributed by atoms with Crippen LogP contribution in [0.15, 0.2) is 6.07 Å². The quantitative estimate of drug-likeness (QED) is 0.865. The van der Waals surface area contributed by atoms with Gasteiger partial charge in [0.25, 0.3) is 6.43 Å². The molecule has 0 spiro atoms. The van der Waals surface area contributed by atoms with Gasteiger partial charge in [-0.05, 0) is 6.07 Å². The van der Waals surface area contributed by atoms with Crippen LogP contribution in [0.3, 0.4) is 0 Å². The van der Waals surface area contributed by atoms with Gasteiger partial charge in [0, 0.05) is 11.1 Å². The number of hydrogen-bond donors (Lipinski definition) is 1. The number of halogens is 2. The third-order valence-corrected chi connectivity index (χ3v) is 1.99. The molecule has 0 fully saturated rings. The number of carbonyl (C=O) groups is 1. The van der Waals surface area contributed by atoms with E-state index in [0.29, 0.717) is 0 Å². The smallest absolute Gasteiger partial charge is 0.308 e. The number of hydrogen-bond acceptors (Lipinski definition) is 4. The fourth-order valence-corrected chi connectivity index (χ4v) is 1.32. The molecule has 1 rings (SSSR count). The summed E-state index contributed by atoms with van der Waals surface area (Å²) in [5.41, 5.74) is -1.00. The molecule has 0 saturated carbocycles. The summed E-state index contributed by atoms with van der Waals surface area (Å²) in [5, 5.41) is 17.2. The molecule has 1 heterocycles. The molecule has 90 valence electrons. The van der Waals surface area contributed by atoms with Gasteiger partial charge in [0.05, 0.1) is 13.5 Å². The Kier molecular flexibility index (Phi) is 3.93. The molecule has 1 aromatic rings. The maximum atomic E-state index is 12.7. The van der Waals surface area contributed by atoms with Gasteiger partial charge in [0.15, 0.2) is 0 Å². The number of alkyl halides is 2. The van der Waals surface area contributed by atoms with E-state index < -0.39 is 24.4 Å². The number of aromatic nitrogens is 1. The van der Waals surface area contributed by atoms with Crippen LogP contribution in [0.5, 0.6) is 5.88 Å². The molecule has 0 atom stereocenters. The van der Waals surface area contributed by atoms with E-state index in [1.807, 2.05) is 0 Å². The van der Waals surface area contributed by atoms with E-state index in [1.165, 1.54) is 7.11 Å². The first kappa shape index (κ1) is 12.8. The molecule has 0 radical (unpaired) electrons. The fourth-order valence-electron chi connectivity index (χ4n) is 1.32. The monoisotopic (exact) mass is 242 g/mol. The van der Waals surface area contributed by atoms with Gasteiger partial charge in [-0.25, -0.2) is 13.8 Å². The van der Waals surface area contributed by atoms with E-state index in [1.54, 1.807) is 6.07 Å². The second kappa shape index (κ2) is 5.21. The molecule has 0 aliphatic carbocycles. The van der Waals surface area contributed by atoms with Gasteiger partial charge in [-0.15, -0.1) is 0 Å². The standard InChI is InChI=1S/C10H8F2N2O3/c1-17-10-7(3-8(15)16)6(9(11)12)2-5(4-13)14-10/h2,9H,3H2,1H3,(H,15,16). The number of rotatable bonds is 4. The van der Waals surface area contributed by atoms with Crippen LogP contribution in [0, 0.1) is 11.3 Å². The molecule has 1 N–H and O–H groups in total. The van der Waals surface area contributed by atoms with Gasteiger partial charge in [-0.2, -0.15) is 5.26 Å². The summed E-state index contributed by atoms with van der Waals surface area (Å²) in [7, 11) is 1.17. The summed E-state index contributed by atoms with van der Waals surface area (Å²) < 4.78 is 30.2. The minimum absolute atomic E-state index is 0.214. The first-order valence-electron chi connectivity index (χ1n) is 4.47. The minimum atomic E-state index is -2.90. The summed E-state index contributed by atoms with van der Waals surface area (Å²) >= 11 is 0. The average Bonchev–Trinajstić information content (AvgIpc) is 2.28. The van der Waals surface area contributed by atoms with E-state index >= 15 is 0 Å². The number of methoxy groups -OCH3 is 1. The Morgan fingerprint density at radius 2 is 2.35 bits per heavy atom. The molecule has 17 heavy (non-hydrogen) atoms. The maximum Gasteiger partial charge on any atom is 0.308 e. The SMILES string of the molecule is COc1nc(C#N)cc(C(F)F)c1CC(=O)O. The highest BCUT2D eigenvalue weighted by molar-refractivity contribution is 5.72. The number of pyridine rings is 1. The first-order chi connectivity index (χ1) is 7.99. The molecule has 0 aromatic carbocycles. The van der Waals surface area contributed by atoms with Crippen LogP contribution >= 0.6 is 0 Å². The lowest BCUT2D eigenvalue weighted by Crippen LogP contribution is -2.08. The number of nitriles is 1. The second-order valence-corrected chi connectivity index (χ2v) is 3.07. The third kappa shape index (κ3) is 2.87. The van der Waals surface area contributed by atoms with Crippen LogP contribution in [0.4, 0.5) is 8.78 Å². The Balaban J connectivity index is 3.41. The van der Waals surface area contributed by atoms with Crippen LogP contribution < -0.4 is 4.74 Å². The molecule has 0 aliphatic heterocycles. The minimum Gasteiger partial charge on any atom is -0.481 e. The van der Waals surface area contributed by atoms with Gasteiger partial charge >= 0.3 is 5.97 Å². The van der Waals surface area contributed by atoms with Crippen LogP contribution in [0.25, 0.3) is 0 Å². The summed E-state index contributed by atoms with van der Waals surface area (Å²) in [5.74, 6) is -1.54. The largest absolute Gasteiger partial charge is 0.481 e. The molecule has 5 nitrogen and oxygen atoms in total. The lowest BCUT2D eigenvalue weighted by atomic mass is 10.1. The summed E-state index contributed by atoms with van der Waals surface area (Å²) in [6.45, 7) is 0. The highest BCUT2D eigenvalue weighted by Gasteiger charge is 2.21. The number of carboxylic acids is 1. The average molecular weight is 242 g/mol. The zero-order valence-electron chi connectivity index (χ0n) is 8.78. The van der Waals surface area contributed by atoms with Crippen molar-refractivity contribution in [2.45, 2.75) is 12.8 Å². The molecular formula is C10H8F2N2O3. The van der Waals surface area contributed by atoms with E-state index in [9.17, 15) is 13.6 Å². The lowest BCUT2D eigenvalue weighted by Gasteiger charge is -2.11. The topological polar surface area (TPSA) is 83.2 Å². The highest BCUT2D eigenvalue weighted by atomic mass is 19.3. The predicted octanol–water partition coefficient (Wildman–Crippen LogP) is 1.53. The van der Waals surface area contributed by atoms with E-state index in [-0.39, 0.29) is 17.1 Å². The zero-order valence-corrected chi connectivity index (χ0v) is 8.78. The third-order valence-electron chi connectivity index (χ3n) is 1.99. The maximum absolute atomic E-state index is 12.7. The number of ether oxygens (including phenoxy) is 1. The molecule has 0 saturated heterocycles. The van der Waals surface area contributed by atoms with Crippen LogP contribution in [-0.2, 0) is 11.2 Å². The number of nitrogens with zero attached hydrogens (tertiary/aromatic N) is 2. The molecule has 0 unspecified atom stereocenters. The molecular weight excluding hydrogens is 234 g/mol. The van der Waals surface area contributed by atoms with Gasteiger partial charge in [0.2, 0.25) is 5.88 Å². The molecule has 0 aliphatic rings. The first-order valence-corrected chi connectivity index (χ1v) is 4.47. The summed E-state index contributed by atoms with van der Waals surface area (Å²) in [4.78, 5) is 14.2. The molecule has 7 heteroatoms. The van der Waals surface area contributed by atoms with Crippen molar-refractivity contribution in [2.24, 2.45) is 0 Å². The van der Waals surface area contributed by atoms with Gasteiger partial charge in [-0.1, -0.05) is 0 Å². The van der Waals surface area contributed by atoms with Gasteiger partial charge in [0.1, 0.15) is 11.8 Å². The van der Waals surface area contributed by atoms with Crippen molar-refractivity contribution >= 4 is 5.97 Å².